The molecule has 132 valence electrons. The summed E-state index contributed by atoms with van der Waals surface area (Å²) in [5.74, 6) is -1.29. The van der Waals surface area contributed by atoms with Gasteiger partial charge in [-0.2, -0.15) is 4.39 Å². The highest BCUT2D eigenvalue weighted by Crippen LogP contribution is 2.21. The van der Waals surface area contributed by atoms with Gasteiger partial charge in [-0.15, -0.1) is 0 Å². The molecule has 0 unspecified atom stereocenters. The molecule has 0 saturated carbocycles. The maximum atomic E-state index is 13.3. The molecule has 2 aromatic rings. The van der Waals surface area contributed by atoms with E-state index in [0.29, 0.717) is 5.02 Å². The summed E-state index contributed by atoms with van der Waals surface area (Å²) in [6, 6.07) is 10.1. The van der Waals surface area contributed by atoms with E-state index in [4.69, 9.17) is 11.6 Å². The van der Waals surface area contributed by atoms with E-state index in [0.717, 1.165) is 17.7 Å². The van der Waals surface area contributed by atoms with Crippen LogP contribution in [0.5, 0.6) is 0 Å². The molecule has 8 heteroatoms. The topological polar surface area (TPSA) is 88.8 Å². The molecule has 0 radical (unpaired) electrons. The fourth-order valence-electron chi connectivity index (χ4n) is 2.41. The lowest BCUT2D eigenvalue weighted by molar-refractivity contribution is -0.709. The molecule has 0 bridgehead atoms. The van der Waals surface area contributed by atoms with Crippen molar-refractivity contribution in [3.05, 3.63) is 69.0 Å². The summed E-state index contributed by atoms with van der Waals surface area (Å²) in [4.78, 5) is 22.2. The number of carbonyl (C=O) groups excluding carboxylic acids is 1. The highest BCUT2D eigenvalue weighted by Gasteiger charge is 2.22. The molecule has 0 heterocycles. The SMILES string of the molecule is C[C@H]([NH2+][C@H](C)c1cccc(Cl)c1)C(=O)Nc1ccc(F)c([N+](=O)[O-])c1. The molecule has 0 saturated heterocycles. The van der Waals surface area contributed by atoms with Gasteiger partial charge in [0.05, 0.1) is 4.92 Å². The van der Waals surface area contributed by atoms with Gasteiger partial charge in [-0.25, -0.2) is 0 Å². The van der Waals surface area contributed by atoms with Gasteiger partial charge in [0.25, 0.3) is 5.91 Å². The molecule has 0 fully saturated rings. The van der Waals surface area contributed by atoms with Gasteiger partial charge in [0.2, 0.25) is 5.82 Å². The minimum Gasteiger partial charge on any atom is -0.330 e. The van der Waals surface area contributed by atoms with Gasteiger partial charge in [-0.3, -0.25) is 14.9 Å². The van der Waals surface area contributed by atoms with Crippen LogP contribution >= 0.6 is 11.6 Å². The molecule has 2 atom stereocenters. The number of benzene rings is 2. The van der Waals surface area contributed by atoms with Gasteiger partial charge >= 0.3 is 5.69 Å². The Kier molecular flexibility index (Phi) is 6.06. The van der Waals surface area contributed by atoms with Crippen molar-refractivity contribution >= 4 is 28.9 Å². The predicted octanol–water partition coefficient (Wildman–Crippen LogP) is 3.04. The van der Waals surface area contributed by atoms with Crippen LogP contribution in [0.3, 0.4) is 0 Å². The van der Waals surface area contributed by atoms with Gasteiger partial charge < -0.3 is 10.6 Å². The summed E-state index contributed by atoms with van der Waals surface area (Å²) in [5, 5.41) is 15.8. The zero-order chi connectivity index (χ0) is 18.6. The van der Waals surface area contributed by atoms with Crippen LogP contribution in [0.1, 0.15) is 25.5 Å². The number of amides is 1. The number of nitro groups is 1. The van der Waals surface area contributed by atoms with Gasteiger partial charge in [-0.05, 0) is 38.1 Å². The number of nitrogens with one attached hydrogen (secondary N) is 1. The van der Waals surface area contributed by atoms with E-state index in [-0.39, 0.29) is 17.6 Å². The van der Waals surface area contributed by atoms with Crippen LogP contribution < -0.4 is 10.6 Å². The monoisotopic (exact) mass is 366 g/mol. The Morgan fingerprint density at radius 2 is 2.00 bits per heavy atom. The Labute approximate surface area is 149 Å². The summed E-state index contributed by atoms with van der Waals surface area (Å²) >= 11 is 5.97. The molecule has 1 amide bonds. The van der Waals surface area contributed by atoms with Crippen LogP contribution in [-0.2, 0) is 4.79 Å². The highest BCUT2D eigenvalue weighted by molar-refractivity contribution is 6.30. The quantitative estimate of drug-likeness (QED) is 0.608. The van der Waals surface area contributed by atoms with Crippen LogP contribution in [0.25, 0.3) is 0 Å². The summed E-state index contributed by atoms with van der Waals surface area (Å²) in [6.07, 6.45) is 0. The van der Waals surface area contributed by atoms with E-state index in [1.165, 1.54) is 6.07 Å². The zero-order valence-corrected chi connectivity index (χ0v) is 14.5. The minimum atomic E-state index is -0.947. The molecule has 6 nitrogen and oxygen atoms in total. The molecular formula is C17H18ClFN3O3+. The molecule has 0 aliphatic carbocycles. The largest absolute Gasteiger partial charge is 0.330 e. The van der Waals surface area contributed by atoms with Crippen LogP contribution in [0.4, 0.5) is 15.8 Å². The predicted molar refractivity (Wildman–Crippen MR) is 92.9 cm³/mol. The number of rotatable bonds is 6. The fourth-order valence-corrected chi connectivity index (χ4v) is 2.61. The van der Waals surface area contributed by atoms with Crippen molar-refractivity contribution in [2.45, 2.75) is 25.9 Å². The third kappa shape index (κ3) is 4.98. The average Bonchev–Trinajstić information content (AvgIpc) is 2.56. The van der Waals surface area contributed by atoms with Crippen molar-refractivity contribution in [3.8, 4) is 0 Å². The number of nitro benzene ring substituents is 1. The Morgan fingerprint density at radius 1 is 1.28 bits per heavy atom. The molecule has 25 heavy (non-hydrogen) atoms. The Hall–Kier alpha value is -2.51. The lowest BCUT2D eigenvalue weighted by Crippen LogP contribution is -2.91. The normalized spacial score (nSPS) is 13.1. The first kappa shape index (κ1) is 18.8. The van der Waals surface area contributed by atoms with Gasteiger partial charge in [-0.1, -0.05) is 23.7 Å². The second-order valence-electron chi connectivity index (χ2n) is 5.74. The van der Waals surface area contributed by atoms with E-state index in [2.05, 4.69) is 5.32 Å². The zero-order valence-electron chi connectivity index (χ0n) is 13.7. The molecule has 2 aromatic carbocycles. The van der Waals surface area contributed by atoms with E-state index >= 15 is 0 Å². The number of hydrogen-bond acceptors (Lipinski definition) is 3. The van der Waals surface area contributed by atoms with Crippen molar-refractivity contribution in [1.29, 1.82) is 0 Å². The average molecular weight is 367 g/mol. The maximum absolute atomic E-state index is 13.3. The Balaban J connectivity index is 2.03. The number of quaternary nitrogens is 1. The molecule has 0 spiro atoms. The van der Waals surface area contributed by atoms with Crippen LogP contribution in [-0.4, -0.2) is 16.9 Å². The lowest BCUT2D eigenvalue weighted by Gasteiger charge is -2.17. The summed E-state index contributed by atoms with van der Waals surface area (Å²) in [7, 11) is 0. The van der Waals surface area contributed by atoms with Crippen LogP contribution in [0.2, 0.25) is 5.02 Å². The first-order chi connectivity index (χ1) is 11.8. The molecular weight excluding hydrogens is 349 g/mol. The summed E-state index contributed by atoms with van der Waals surface area (Å²) < 4.78 is 13.3. The number of halogens is 2. The van der Waals surface area contributed by atoms with Gasteiger partial charge in [0.15, 0.2) is 6.04 Å². The minimum absolute atomic E-state index is 0.0120. The number of carbonyl (C=O) groups is 1. The van der Waals surface area contributed by atoms with Crippen LogP contribution in [0, 0.1) is 15.9 Å². The Bertz CT molecular complexity index is 800. The molecule has 3 N–H and O–H groups in total. The molecule has 0 aliphatic heterocycles. The van der Waals surface area contributed by atoms with E-state index in [9.17, 15) is 19.3 Å². The standard InChI is InChI=1S/C17H17ClFN3O3/c1-10(12-4-3-5-13(18)8-12)20-11(2)17(23)21-14-6-7-15(19)16(9-14)22(24)25/h3-11,20H,1-2H3,(H,21,23)/p+1/t10-,11+/m1/s1. The summed E-state index contributed by atoms with van der Waals surface area (Å²) in [5.41, 5.74) is 0.472. The van der Waals surface area contributed by atoms with Crippen molar-refractivity contribution < 1.29 is 19.4 Å². The third-order valence-corrected chi connectivity index (χ3v) is 4.01. The Morgan fingerprint density at radius 3 is 2.64 bits per heavy atom. The second-order valence-corrected chi connectivity index (χ2v) is 6.17. The van der Waals surface area contributed by atoms with E-state index in [1.54, 1.807) is 13.0 Å². The van der Waals surface area contributed by atoms with Crippen molar-refractivity contribution in [3.63, 3.8) is 0 Å². The van der Waals surface area contributed by atoms with Crippen molar-refractivity contribution in [2.75, 3.05) is 5.32 Å². The van der Waals surface area contributed by atoms with Gasteiger partial charge in [0, 0.05) is 22.3 Å². The highest BCUT2D eigenvalue weighted by atomic mass is 35.5. The van der Waals surface area contributed by atoms with Crippen molar-refractivity contribution in [2.24, 2.45) is 0 Å². The first-order valence-electron chi connectivity index (χ1n) is 7.63. The lowest BCUT2D eigenvalue weighted by atomic mass is 10.1. The number of nitrogens with two attached hydrogens (primary N) is 1. The van der Waals surface area contributed by atoms with E-state index in [1.807, 2.05) is 30.4 Å². The fraction of sp³-hybridized carbons (Fsp3) is 0.235. The summed E-state index contributed by atoms with van der Waals surface area (Å²) in [6.45, 7) is 3.66. The van der Waals surface area contributed by atoms with Gasteiger partial charge in [0.1, 0.15) is 6.04 Å². The smallest absolute Gasteiger partial charge is 0.306 e. The second kappa shape index (κ2) is 8.04. The van der Waals surface area contributed by atoms with E-state index < -0.39 is 22.5 Å². The maximum Gasteiger partial charge on any atom is 0.306 e. The molecule has 0 aliphatic rings. The number of nitrogens with zero attached hydrogens (tertiary/aromatic N) is 1. The first-order valence-corrected chi connectivity index (χ1v) is 8.01. The van der Waals surface area contributed by atoms with Crippen LogP contribution in [0.15, 0.2) is 42.5 Å². The molecule has 0 aromatic heterocycles. The molecule has 2 rings (SSSR count). The number of hydrogen-bond donors (Lipinski definition) is 2. The van der Waals surface area contributed by atoms with Crippen molar-refractivity contribution in [1.82, 2.24) is 0 Å². The third-order valence-electron chi connectivity index (χ3n) is 3.78. The number of anilines is 1.